The first-order valence-corrected chi connectivity index (χ1v) is 5.65. The predicted octanol–water partition coefficient (Wildman–Crippen LogP) is 0.799. The minimum atomic E-state index is -1.05. The van der Waals surface area contributed by atoms with Crippen LogP contribution >= 0.6 is 0 Å². The number of carbonyl (C=O) groups excluding carboxylic acids is 1. The zero-order valence-corrected chi connectivity index (χ0v) is 10.8. The zero-order valence-electron chi connectivity index (χ0n) is 10.8. The lowest BCUT2D eigenvalue weighted by atomic mass is 10.00. The lowest BCUT2D eigenvalue weighted by Gasteiger charge is -2.24. The normalized spacial score (nSPS) is 12.2. The number of carboxylic acid groups (broad SMARTS) is 1. The molecular weight excluding hydrogens is 232 g/mol. The van der Waals surface area contributed by atoms with Crippen LogP contribution in [0.4, 0.5) is 0 Å². The summed E-state index contributed by atoms with van der Waals surface area (Å²) >= 11 is 0. The molecule has 18 heavy (non-hydrogen) atoms. The summed E-state index contributed by atoms with van der Waals surface area (Å²) in [6.07, 6.45) is 0. The monoisotopic (exact) mass is 250 g/mol. The Labute approximate surface area is 106 Å². The Morgan fingerprint density at radius 2 is 1.94 bits per heavy atom. The molecule has 0 aliphatic rings. The molecule has 1 unspecified atom stereocenters. The number of hydrogen-bond acceptors (Lipinski definition) is 3. The van der Waals surface area contributed by atoms with Crippen molar-refractivity contribution in [1.82, 2.24) is 10.2 Å². The van der Waals surface area contributed by atoms with E-state index >= 15 is 0 Å². The molecule has 0 saturated heterocycles. The van der Waals surface area contributed by atoms with E-state index in [1.807, 2.05) is 31.2 Å². The van der Waals surface area contributed by atoms with Crippen molar-refractivity contribution >= 4 is 11.9 Å². The number of hydrogen-bond donors (Lipinski definition) is 2. The van der Waals surface area contributed by atoms with Crippen molar-refractivity contribution in [2.24, 2.45) is 0 Å². The lowest BCUT2D eigenvalue weighted by molar-refractivity contribution is -0.138. The van der Waals surface area contributed by atoms with Crippen LogP contribution in [-0.4, -0.2) is 42.5 Å². The van der Waals surface area contributed by atoms with Gasteiger partial charge in [-0.05, 0) is 32.1 Å². The van der Waals surface area contributed by atoms with E-state index < -0.39 is 12.0 Å². The molecule has 98 valence electrons. The molecule has 1 aromatic rings. The van der Waals surface area contributed by atoms with Crippen LogP contribution in [0.3, 0.4) is 0 Å². The van der Waals surface area contributed by atoms with E-state index in [4.69, 9.17) is 5.11 Å². The quantitative estimate of drug-likeness (QED) is 0.811. The summed E-state index contributed by atoms with van der Waals surface area (Å²) in [5.74, 6) is -1.36. The van der Waals surface area contributed by atoms with E-state index in [1.54, 1.807) is 19.0 Å². The Bertz CT molecular complexity index is 444. The largest absolute Gasteiger partial charge is 0.480 e. The number of amides is 1. The second kappa shape index (κ2) is 6.16. The number of nitrogens with one attached hydrogen (secondary N) is 1. The van der Waals surface area contributed by atoms with E-state index in [-0.39, 0.29) is 12.5 Å². The van der Waals surface area contributed by atoms with Gasteiger partial charge in [0.15, 0.2) is 0 Å². The predicted molar refractivity (Wildman–Crippen MR) is 68.3 cm³/mol. The Morgan fingerprint density at radius 1 is 1.33 bits per heavy atom. The maximum absolute atomic E-state index is 12.0. The van der Waals surface area contributed by atoms with Gasteiger partial charge in [0.05, 0.1) is 0 Å². The molecule has 0 fully saturated rings. The van der Waals surface area contributed by atoms with Gasteiger partial charge in [0.2, 0.25) is 5.91 Å². The topological polar surface area (TPSA) is 69.6 Å². The van der Waals surface area contributed by atoms with Crippen LogP contribution in [0.15, 0.2) is 24.3 Å². The third-order valence-corrected chi connectivity index (χ3v) is 2.66. The molecule has 0 aliphatic carbocycles. The van der Waals surface area contributed by atoms with Crippen LogP contribution in [0.5, 0.6) is 0 Å². The number of aliphatic carboxylic acids is 1. The molecule has 0 aromatic heterocycles. The van der Waals surface area contributed by atoms with E-state index in [2.05, 4.69) is 5.32 Å². The first kappa shape index (κ1) is 14.2. The maximum atomic E-state index is 12.0. The standard InChI is InChI=1S/C13H18N2O3/c1-9-6-4-5-7-10(9)12(15(2)3)13(18)14-8-11(16)17/h4-7,12H,8H2,1-3H3,(H,14,18)(H,16,17). The number of likely N-dealkylation sites (N-methyl/N-ethyl adjacent to an activating group) is 1. The first-order chi connectivity index (χ1) is 8.43. The number of carbonyl (C=O) groups is 2. The molecule has 0 saturated carbocycles. The van der Waals surface area contributed by atoms with Crippen molar-refractivity contribution in [3.63, 3.8) is 0 Å². The van der Waals surface area contributed by atoms with Crippen molar-refractivity contribution in [2.45, 2.75) is 13.0 Å². The molecule has 5 nitrogen and oxygen atoms in total. The summed E-state index contributed by atoms with van der Waals surface area (Å²) < 4.78 is 0. The van der Waals surface area contributed by atoms with Gasteiger partial charge in [-0.15, -0.1) is 0 Å². The van der Waals surface area contributed by atoms with Crippen LogP contribution in [0.25, 0.3) is 0 Å². The summed E-state index contributed by atoms with van der Waals surface area (Å²) in [5.41, 5.74) is 1.88. The highest BCUT2D eigenvalue weighted by atomic mass is 16.4. The molecule has 1 rings (SSSR count). The van der Waals surface area contributed by atoms with Gasteiger partial charge < -0.3 is 10.4 Å². The minimum Gasteiger partial charge on any atom is -0.480 e. The van der Waals surface area contributed by atoms with Crippen LogP contribution in [-0.2, 0) is 9.59 Å². The van der Waals surface area contributed by atoms with E-state index in [0.717, 1.165) is 11.1 Å². The number of benzene rings is 1. The molecule has 1 aromatic carbocycles. The molecule has 0 aliphatic heterocycles. The van der Waals surface area contributed by atoms with Crippen molar-refractivity contribution in [1.29, 1.82) is 0 Å². The van der Waals surface area contributed by atoms with Gasteiger partial charge in [0.1, 0.15) is 12.6 Å². The molecule has 0 bridgehead atoms. The number of rotatable bonds is 5. The van der Waals surface area contributed by atoms with Crippen LogP contribution in [0.2, 0.25) is 0 Å². The van der Waals surface area contributed by atoms with Gasteiger partial charge in [0.25, 0.3) is 0 Å². The highest BCUT2D eigenvalue weighted by molar-refractivity contribution is 5.86. The molecule has 1 amide bonds. The zero-order chi connectivity index (χ0) is 13.7. The minimum absolute atomic E-state index is 0.309. The first-order valence-electron chi connectivity index (χ1n) is 5.65. The van der Waals surface area contributed by atoms with Crippen molar-refractivity contribution in [3.05, 3.63) is 35.4 Å². The van der Waals surface area contributed by atoms with E-state index in [9.17, 15) is 9.59 Å². The van der Waals surface area contributed by atoms with Crippen LogP contribution in [0, 0.1) is 6.92 Å². The average molecular weight is 250 g/mol. The third kappa shape index (κ3) is 3.56. The Kier molecular flexibility index (Phi) is 4.85. The summed E-state index contributed by atoms with van der Waals surface area (Å²) in [6.45, 7) is 1.56. The summed E-state index contributed by atoms with van der Waals surface area (Å²) in [5, 5.41) is 11.0. The average Bonchev–Trinajstić information content (AvgIpc) is 2.29. The highest BCUT2D eigenvalue weighted by Gasteiger charge is 2.24. The van der Waals surface area contributed by atoms with Gasteiger partial charge in [-0.25, -0.2) is 0 Å². The highest BCUT2D eigenvalue weighted by Crippen LogP contribution is 2.21. The smallest absolute Gasteiger partial charge is 0.322 e. The SMILES string of the molecule is Cc1ccccc1C(C(=O)NCC(=O)O)N(C)C. The van der Waals surface area contributed by atoms with Crippen LogP contribution < -0.4 is 5.32 Å². The van der Waals surface area contributed by atoms with Crippen LogP contribution in [0.1, 0.15) is 17.2 Å². The van der Waals surface area contributed by atoms with Gasteiger partial charge >= 0.3 is 5.97 Å². The summed E-state index contributed by atoms with van der Waals surface area (Å²) in [6, 6.07) is 7.09. The fourth-order valence-electron chi connectivity index (χ4n) is 1.81. The van der Waals surface area contributed by atoms with E-state index in [1.165, 1.54) is 0 Å². The van der Waals surface area contributed by atoms with Gasteiger partial charge in [-0.2, -0.15) is 0 Å². The second-order valence-corrected chi connectivity index (χ2v) is 4.33. The third-order valence-electron chi connectivity index (χ3n) is 2.66. The van der Waals surface area contributed by atoms with Crippen molar-refractivity contribution < 1.29 is 14.7 Å². The Balaban J connectivity index is 2.93. The maximum Gasteiger partial charge on any atom is 0.322 e. The molecule has 5 heteroatoms. The summed E-state index contributed by atoms with van der Waals surface area (Å²) in [4.78, 5) is 24.3. The molecular formula is C13H18N2O3. The van der Waals surface area contributed by atoms with Crippen molar-refractivity contribution in [2.75, 3.05) is 20.6 Å². The molecule has 2 N–H and O–H groups in total. The number of carboxylic acids is 1. The number of nitrogens with zero attached hydrogens (tertiary/aromatic N) is 1. The Morgan fingerprint density at radius 3 is 2.44 bits per heavy atom. The summed E-state index contributed by atoms with van der Waals surface area (Å²) in [7, 11) is 3.58. The fraction of sp³-hybridized carbons (Fsp3) is 0.385. The van der Waals surface area contributed by atoms with Gasteiger partial charge in [0, 0.05) is 0 Å². The second-order valence-electron chi connectivity index (χ2n) is 4.33. The molecule has 0 radical (unpaired) electrons. The van der Waals surface area contributed by atoms with E-state index in [0.29, 0.717) is 0 Å². The molecule has 1 atom stereocenters. The Hall–Kier alpha value is -1.88. The molecule has 0 spiro atoms. The number of aryl methyl sites for hydroxylation is 1. The van der Waals surface area contributed by atoms with Gasteiger partial charge in [-0.3, -0.25) is 14.5 Å². The van der Waals surface area contributed by atoms with Crippen molar-refractivity contribution in [3.8, 4) is 0 Å². The fourth-order valence-corrected chi connectivity index (χ4v) is 1.81. The molecule has 0 heterocycles. The lowest BCUT2D eigenvalue weighted by Crippen LogP contribution is -2.39. The van der Waals surface area contributed by atoms with Gasteiger partial charge in [-0.1, -0.05) is 24.3 Å².